The summed E-state index contributed by atoms with van der Waals surface area (Å²) in [5.41, 5.74) is 7.98. The highest BCUT2D eigenvalue weighted by molar-refractivity contribution is 7.85. The van der Waals surface area contributed by atoms with Gasteiger partial charge in [0.05, 0.1) is 5.75 Å². The van der Waals surface area contributed by atoms with Crippen LogP contribution in [0.5, 0.6) is 0 Å². The highest BCUT2D eigenvalue weighted by Gasteiger charge is 2.13. The monoisotopic (exact) mass is 549 g/mol. The molecule has 1 heterocycles. The van der Waals surface area contributed by atoms with Gasteiger partial charge in [-0.3, -0.25) is 4.55 Å². The first-order valence-corrected chi connectivity index (χ1v) is 14.9. The largest absolute Gasteiger partial charge is 0.310 e. The summed E-state index contributed by atoms with van der Waals surface area (Å²) < 4.78 is 32.6. The van der Waals surface area contributed by atoms with Gasteiger partial charge in [-0.25, -0.2) is 4.57 Å². The summed E-state index contributed by atoms with van der Waals surface area (Å²) in [6, 6.07) is 34.2. The molecule has 0 radical (unpaired) electrons. The van der Waals surface area contributed by atoms with E-state index in [4.69, 9.17) is 4.55 Å². The molecule has 0 fully saturated rings. The van der Waals surface area contributed by atoms with E-state index >= 15 is 0 Å². The number of nitrogens with zero attached hydrogens (tertiary/aromatic N) is 2. The Hall–Kier alpha value is -4.26. The van der Waals surface area contributed by atoms with Crippen molar-refractivity contribution in [2.24, 2.45) is 0 Å². The predicted molar refractivity (Wildman–Crippen MR) is 165 cm³/mol. The van der Waals surface area contributed by atoms with Gasteiger partial charge in [0.2, 0.25) is 0 Å². The number of pyridine rings is 1. The molecule has 0 aliphatic carbocycles. The van der Waals surface area contributed by atoms with Crippen molar-refractivity contribution < 1.29 is 17.5 Å². The maximum absolute atomic E-state index is 10.9. The molecule has 202 valence electrons. The minimum Gasteiger partial charge on any atom is -0.310 e. The van der Waals surface area contributed by atoms with Crippen LogP contribution >= 0.6 is 0 Å². The van der Waals surface area contributed by atoms with Crippen LogP contribution in [0.15, 0.2) is 109 Å². The highest BCUT2D eigenvalue weighted by atomic mass is 32.2. The van der Waals surface area contributed by atoms with Crippen LogP contribution in [0.3, 0.4) is 0 Å². The molecule has 5 rings (SSSR count). The molecule has 4 aromatic carbocycles. The molecular weight excluding hydrogens is 516 g/mol. The second kappa shape index (κ2) is 11.9. The normalized spacial score (nSPS) is 11.8. The van der Waals surface area contributed by atoms with Crippen LogP contribution in [0.4, 0.5) is 17.1 Å². The Bertz CT molecular complexity index is 1730. The Morgan fingerprint density at radius 3 is 1.90 bits per heavy atom. The van der Waals surface area contributed by atoms with Crippen LogP contribution in [0.1, 0.15) is 28.7 Å². The van der Waals surface area contributed by atoms with Crippen LogP contribution in [-0.4, -0.2) is 18.7 Å². The van der Waals surface area contributed by atoms with Crippen molar-refractivity contribution in [1.29, 1.82) is 0 Å². The molecule has 0 aliphatic rings. The molecule has 5 nitrogen and oxygen atoms in total. The minimum absolute atomic E-state index is 0.235. The van der Waals surface area contributed by atoms with Gasteiger partial charge in [0.25, 0.3) is 10.1 Å². The Morgan fingerprint density at radius 1 is 0.700 bits per heavy atom. The van der Waals surface area contributed by atoms with E-state index in [9.17, 15) is 8.42 Å². The summed E-state index contributed by atoms with van der Waals surface area (Å²) in [5.74, 6) is -0.235. The summed E-state index contributed by atoms with van der Waals surface area (Å²) in [6.45, 7) is 4.77. The van der Waals surface area contributed by atoms with E-state index in [0.717, 1.165) is 28.2 Å². The van der Waals surface area contributed by atoms with Crippen molar-refractivity contribution in [3.63, 3.8) is 0 Å². The molecule has 0 saturated carbocycles. The van der Waals surface area contributed by atoms with Crippen LogP contribution in [0.2, 0.25) is 0 Å². The Labute approximate surface area is 236 Å². The van der Waals surface area contributed by atoms with Gasteiger partial charge in [0.15, 0.2) is 12.4 Å². The number of aromatic nitrogens is 1. The quantitative estimate of drug-likeness (QED) is 0.151. The highest BCUT2D eigenvalue weighted by Crippen LogP contribution is 2.36. The van der Waals surface area contributed by atoms with Crippen LogP contribution in [-0.2, 0) is 16.7 Å². The van der Waals surface area contributed by atoms with Gasteiger partial charge in [-0.15, -0.1) is 0 Å². The maximum Gasteiger partial charge on any atom is 0.265 e. The fourth-order valence-corrected chi connectivity index (χ4v) is 5.32. The lowest BCUT2D eigenvalue weighted by Gasteiger charge is -2.26. The smallest absolute Gasteiger partial charge is 0.265 e. The zero-order valence-corrected chi connectivity index (χ0v) is 23.6. The topological polar surface area (TPSA) is 61.5 Å². The van der Waals surface area contributed by atoms with Gasteiger partial charge in [-0.1, -0.05) is 54.6 Å². The van der Waals surface area contributed by atoms with Gasteiger partial charge in [-0.05, 0) is 89.3 Å². The zero-order valence-electron chi connectivity index (χ0n) is 22.7. The average molecular weight is 550 g/mol. The molecule has 1 N–H and O–H groups in total. The van der Waals surface area contributed by atoms with E-state index in [0.29, 0.717) is 13.0 Å². The standard InChI is InChI=1S/C34H32N2O3S/c1-26-6-3-8-32(22-26)36(33-9-4-7-27(2)23-33)34-15-14-30-24-29(12-13-31(30)25-34)11-10-28-16-19-35(20-17-28)18-5-21-40(37,38)39/h3-4,6-17,19-20,22-25H,5,18,21H2,1-2H3/p+1. The molecular formula is C34H33N2O3S+. The third-order valence-electron chi connectivity index (χ3n) is 6.83. The van der Waals surface area contributed by atoms with Crippen molar-refractivity contribution in [2.45, 2.75) is 26.8 Å². The summed E-state index contributed by atoms with van der Waals surface area (Å²) >= 11 is 0. The van der Waals surface area contributed by atoms with E-state index in [1.165, 1.54) is 21.9 Å². The second-order valence-electron chi connectivity index (χ2n) is 10.1. The van der Waals surface area contributed by atoms with Crippen molar-refractivity contribution in [3.8, 4) is 0 Å². The third-order valence-corrected chi connectivity index (χ3v) is 7.63. The number of anilines is 3. The number of rotatable bonds is 9. The molecule has 5 aromatic rings. The van der Waals surface area contributed by atoms with Crippen LogP contribution < -0.4 is 9.47 Å². The Kier molecular flexibility index (Phi) is 8.10. The maximum atomic E-state index is 10.9. The summed E-state index contributed by atoms with van der Waals surface area (Å²) in [4.78, 5) is 2.30. The lowest BCUT2D eigenvalue weighted by Crippen LogP contribution is -2.33. The SMILES string of the molecule is Cc1cccc(N(c2cccc(C)c2)c2ccc3cc(C=Cc4cc[n+](CCCS(=O)(=O)O)cc4)ccc3c2)c1. The van der Waals surface area contributed by atoms with E-state index in [1.807, 2.05) is 29.1 Å². The third kappa shape index (κ3) is 7.03. The van der Waals surface area contributed by atoms with E-state index in [1.54, 1.807) is 0 Å². The number of fused-ring (bicyclic) bond motifs is 1. The fourth-order valence-electron chi connectivity index (χ4n) is 4.83. The molecule has 0 saturated heterocycles. The van der Waals surface area contributed by atoms with Gasteiger partial charge in [-0.2, -0.15) is 8.42 Å². The lowest BCUT2D eigenvalue weighted by molar-refractivity contribution is -0.696. The van der Waals surface area contributed by atoms with Crippen molar-refractivity contribution in [3.05, 3.63) is 132 Å². The first-order chi connectivity index (χ1) is 19.2. The second-order valence-corrected chi connectivity index (χ2v) is 11.7. The molecule has 0 atom stereocenters. The number of aryl methyl sites for hydroxylation is 3. The molecule has 6 heteroatoms. The molecule has 1 aromatic heterocycles. The fraction of sp³-hybridized carbons (Fsp3) is 0.147. The van der Waals surface area contributed by atoms with E-state index < -0.39 is 10.1 Å². The molecule has 0 spiro atoms. The number of benzene rings is 4. The van der Waals surface area contributed by atoms with Gasteiger partial charge in [0, 0.05) is 35.6 Å². The van der Waals surface area contributed by atoms with Gasteiger partial charge < -0.3 is 4.90 Å². The first kappa shape index (κ1) is 27.3. The van der Waals surface area contributed by atoms with Crippen LogP contribution in [0, 0.1) is 13.8 Å². The predicted octanol–water partition coefficient (Wildman–Crippen LogP) is 7.66. The zero-order chi connectivity index (χ0) is 28.1. The van der Waals surface area contributed by atoms with Crippen molar-refractivity contribution in [2.75, 3.05) is 10.7 Å². The first-order valence-electron chi connectivity index (χ1n) is 13.3. The molecule has 0 amide bonds. The van der Waals surface area contributed by atoms with Crippen molar-refractivity contribution in [1.82, 2.24) is 0 Å². The lowest BCUT2D eigenvalue weighted by atomic mass is 10.0. The van der Waals surface area contributed by atoms with E-state index in [-0.39, 0.29) is 5.75 Å². The average Bonchev–Trinajstić information content (AvgIpc) is 2.92. The van der Waals surface area contributed by atoms with Crippen LogP contribution in [0.25, 0.3) is 22.9 Å². The molecule has 0 bridgehead atoms. The number of hydrogen-bond donors (Lipinski definition) is 1. The molecule has 0 unspecified atom stereocenters. The van der Waals surface area contributed by atoms with Gasteiger partial charge in [0.1, 0.15) is 6.54 Å². The summed E-state index contributed by atoms with van der Waals surface area (Å²) in [7, 11) is -3.92. The van der Waals surface area contributed by atoms with Crippen molar-refractivity contribution >= 4 is 50.1 Å². The molecule has 0 aliphatic heterocycles. The molecule has 40 heavy (non-hydrogen) atoms. The number of hydrogen-bond acceptors (Lipinski definition) is 3. The minimum atomic E-state index is -3.92. The van der Waals surface area contributed by atoms with Gasteiger partial charge >= 0.3 is 0 Å². The Balaban J connectivity index is 1.36. The van der Waals surface area contributed by atoms with E-state index in [2.05, 4.69) is 116 Å². The summed E-state index contributed by atoms with van der Waals surface area (Å²) in [6.07, 6.45) is 8.36. The summed E-state index contributed by atoms with van der Waals surface area (Å²) in [5, 5.41) is 2.34. The Morgan fingerprint density at radius 2 is 1.27 bits per heavy atom.